The van der Waals surface area contributed by atoms with Crippen molar-refractivity contribution >= 4 is 0 Å². The first-order chi connectivity index (χ1) is 8.67. The first kappa shape index (κ1) is 12.1. The van der Waals surface area contributed by atoms with Crippen LogP contribution >= 0.6 is 0 Å². The number of hydrogen-bond acceptors (Lipinski definition) is 2. The smallest absolute Gasteiger partial charge is 0.269 e. The molecule has 1 aromatic heterocycles. The van der Waals surface area contributed by atoms with Crippen LogP contribution in [-0.4, -0.2) is 4.57 Å². The van der Waals surface area contributed by atoms with Crippen LogP contribution in [0.4, 0.5) is 0 Å². The van der Waals surface area contributed by atoms with Crippen molar-refractivity contribution in [3.8, 4) is 17.2 Å². The van der Waals surface area contributed by atoms with Crippen molar-refractivity contribution in [2.45, 2.75) is 20.4 Å². The summed E-state index contributed by atoms with van der Waals surface area (Å²) < 4.78 is 1.54. The summed E-state index contributed by atoms with van der Waals surface area (Å²) in [6.45, 7) is 4.44. The summed E-state index contributed by atoms with van der Waals surface area (Å²) in [6.07, 6.45) is 1.74. The maximum absolute atomic E-state index is 12.1. The van der Waals surface area contributed by atoms with Crippen LogP contribution < -0.4 is 5.56 Å². The summed E-state index contributed by atoms with van der Waals surface area (Å²) in [5, 5.41) is 9.19. The molecule has 0 aliphatic heterocycles. The molecule has 90 valence electrons. The number of nitriles is 1. The quantitative estimate of drug-likeness (QED) is 0.807. The molecular formula is C15H14N2O. The van der Waals surface area contributed by atoms with E-state index in [2.05, 4.69) is 0 Å². The first-order valence-electron chi connectivity index (χ1n) is 5.88. The molecular weight excluding hydrogens is 224 g/mol. The second-order valence-corrected chi connectivity index (χ2v) is 4.18. The molecule has 2 aromatic rings. The second kappa shape index (κ2) is 4.89. The summed E-state index contributed by atoms with van der Waals surface area (Å²) in [5.74, 6) is 0. The van der Waals surface area contributed by atoms with Crippen molar-refractivity contribution in [1.29, 1.82) is 5.26 Å². The summed E-state index contributed by atoms with van der Waals surface area (Å²) in [7, 11) is 0. The van der Waals surface area contributed by atoms with Crippen molar-refractivity contribution in [3.05, 3.63) is 58.0 Å². The van der Waals surface area contributed by atoms with Gasteiger partial charge in [0.15, 0.2) is 0 Å². The number of aromatic nitrogens is 1. The van der Waals surface area contributed by atoms with Crippen LogP contribution in [0.2, 0.25) is 0 Å². The topological polar surface area (TPSA) is 45.8 Å². The van der Waals surface area contributed by atoms with Crippen LogP contribution in [0.1, 0.15) is 18.1 Å². The molecule has 0 amide bonds. The van der Waals surface area contributed by atoms with Crippen LogP contribution in [-0.2, 0) is 6.54 Å². The number of hydrogen-bond donors (Lipinski definition) is 0. The van der Waals surface area contributed by atoms with Gasteiger partial charge in [-0.2, -0.15) is 5.26 Å². The highest BCUT2D eigenvalue weighted by molar-refractivity contribution is 5.70. The third-order valence-corrected chi connectivity index (χ3v) is 2.95. The molecule has 18 heavy (non-hydrogen) atoms. The monoisotopic (exact) mass is 238 g/mol. The Labute approximate surface area is 106 Å². The van der Waals surface area contributed by atoms with Gasteiger partial charge in [0.05, 0.1) is 0 Å². The molecule has 1 aromatic carbocycles. The van der Waals surface area contributed by atoms with E-state index < -0.39 is 0 Å². The summed E-state index contributed by atoms with van der Waals surface area (Å²) in [6, 6.07) is 11.7. The van der Waals surface area contributed by atoms with Gasteiger partial charge in [-0.25, -0.2) is 0 Å². The molecule has 0 saturated carbocycles. The molecule has 0 N–H and O–H groups in total. The largest absolute Gasteiger partial charge is 0.315 e. The number of rotatable bonds is 2. The fourth-order valence-corrected chi connectivity index (χ4v) is 1.98. The van der Waals surface area contributed by atoms with E-state index in [1.54, 1.807) is 6.20 Å². The second-order valence-electron chi connectivity index (χ2n) is 4.18. The molecule has 0 unspecified atom stereocenters. The van der Waals surface area contributed by atoms with Crippen molar-refractivity contribution in [2.24, 2.45) is 0 Å². The average molecular weight is 238 g/mol. The van der Waals surface area contributed by atoms with E-state index in [0.29, 0.717) is 12.1 Å². The van der Waals surface area contributed by atoms with E-state index in [0.717, 1.165) is 11.1 Å². The number of benzene rings is 1. The van der Waals surface area contributed by atoms with E-state index in [1.807, 2.05) is 50.2 Å². The number of pyridine rings is 1. The standard InChI is InChI=1S/C15H14N2O/c1-3-17-8-7-13(14(10-16)15(17)18)12-6-4-5-11(2)9-12/h4-9H,3H2,1-2H3. The van der Waals surface area contributed by atoms with E-state index in [4.69, 9.17) is 0 Å². The zero-order valence-corrected chi connectivity index (χ0v) is 10.5. The summed E-state index contributed by atoms with van der Waals surface area (Å²) >= 11 is 0. The van der Waals surface area contributed by atoms with Crippen LogP contribution in [0.25, 0.3) is 11.1 Å². The lowest BCUT2D eigenvalue weighted by Crippen LogP contribution is -2.21. The zero-order chi connectivity index (χ0) is 13.1. The highest BCUT2D eigenvalue weighted by Crippen LogP contribution is 2.21. The fourth-order valence-electron chi connectivity index (χ4n) is 1.98. The third kappa shape index (κ3) is 2.05. The van der Waals surface area contributed by atoms with Gasteiger partial charge in [0.25, 0.3) is 5.56 Å². The molecule has 0 radical (unpaired) electrons. The summed E-state index contributed by atoms with van der Waals surface area (Å²) in [5.41, 5.74) is 2.71. The average Bonchev–Trinajstić information content (AvgIpc) is 2.38. The zero-order valence-electron chi connectivity index (χ0n) is 10.5. The molecule has 0 bridgehead atoms. The molecule has 0 saturated heterocycles. The SMILES string of the molecule is CCn1ccc(-c2cccc(C)c2)c(C#N)c1=O. The van der Waals surface area contributed by atoms with Gasteiger partial charge in [0.2, 0.25) is 0 Å². The summed E-state index contributed by atoms with van der Waals surface area (Å²) in [4.78, 5) is 12.1. The van der Waals surface area contributed by atoms with Gasteiger partial charge in [0.1, 0.15) is 11.6 Å². The minimum absolute atomic E-state index is 0.213. The van der Waals surface area contributed by atoms with Crippen LogP contribution in [0.15, 0.2) is 41.3 Å². The van der Waals surface area contributed by atoms with Gasteiger partial charge in [-0.05, 0) is 25.5 Å². The lowest BCUT2D eigenvalue weighted by Gasteiger charge is -2.08. The van der Waals surface area contributed by atoms with Crippen molar-refractivity contribution in [2.75, 3.05) is 0 Å². The predicted molar refractivity (Wildman–Crippen MR) is 71.3 cm³/mol. The molecule has 3 nitrogen and oxygen atoms in total. The van der Waals surface area contributed by atoms with E-state index in [1.165, 1.54) is 4.57 Å². The molecule has 3 heteroatoms. The normalized spacial score (nSPS) is 10.1. The first-order valence-corrected chi connectivity index (χ1v) is 5.88. The lowest BCUT2D eigenvalue weighted by atomic mass is 10.0. The van der Waals surface area contributed by atoms with E-state index in [-0.39, 0.29) is 11.1 Å². The maximum atomic E-state index is 12.1. The van der Waals surface area contributed by atoms with Crippen molar-refractivity contribution in [1.82, 2.24) is 4.57 Å². The Balaban J connectivity index is 2.70. The fraction of sp³-hybridized carbons (Fsp3) is 0.200. The molecule has 0 fully saturated rings. The number of nitrogens with zero attached hydrogens (tertiary/aromatic N) is 2. The Morgan fingerprint density at radius 3 is 2.72 bits per heavy atom. The van der Waals surface area contributed by atoms with Gasteiger partial charge < -0.3 is 4.57 Å². The van der Waals surface area contributed by atoms with Crippen molar-refractivity contribution in [3.63, 3.8) is 0 Å². The van der Waals surface area contributed by atoms with Crippen LogP contribution in [0, 0.1) is 18.3 Å². The van der Waals surface area contributed by atoms with Gasteiger partial charge in [-0.3, -0.25) is 4.79 Å². The molecule has 2 rings (SSSR count). The molecule has 0 atom stereocenters. The lowest BCUT2D eigenvalue weighted by molar-refractivity contribution is 0.725. The molecule has 0 aliphatic carbocycles. The molecule has 1 heterocycles. The Hall–Kier alpha value is -2.34. The Morgan fingerprint density at radius 2 is 2.11 bits per heavy atom. The van der Waals surface area contributed by atoms with Crippen LogP contribution in [0.3, 0.4) is 0 Å². The highest BCUT2D eigenvalue weighted by Gasteiger charge is 2.10. The Morgan fingerprint density at radius 1 is 1.33 bits per heavy atom. The van der Waals surface area contributed by atoms with Gasteiger partial charge in [0, 0.05) is 18.3 Å². The molecule has 0 spiro atoms. The third-order valence-electron chi connectivity index (χ3n) is 2.95. The van der Waals surface area contributed by atoms with Gasteiger partial charge in [-0.1, -0.05) is 29.8 Å². The maximum Gasteiger partial charge on any atom is 0.269 e. The van der Waals surface area contributed by atoms with Gasteiger partial charge in [-0.15, -0.1) is 0 Å². The van der Waals surface area contributed by atoms with Gasteiger partial charge >= 0.3 is 0 Å². The highest BCUT2D eigenvalue weighted by atomic mass is 16.1. The minimum Gasteiger partial charge on any atom is -0.315 e. The predicted octanol–water partition coefficient (Wildman–Crippen LogP) is 2.72. The Bertz CT molecular complexity index is 678. The minimum atomic E-state index is -0.223. The van der Waals surface area contributed by atoms with E-state index in [9.17, 15) is 10.1 Å². The molecule has 0 aliphatic rings. The Kier molecular flexibility index (Phi) is 3.29. The number of aryl methyl sites for hydroxylation is 2. The van der Waals surface area contributed by atoms with Crippen LogP contribution in [0.5, 0.6) is 0 Å². The van der Waals surface area contributed by atoms with Crippen molar-refractivity contribution < 1.29 is 0 Å². The van der Waals surface area contributed by atoms with E-state index >= 15 is 0 Å².